The molecule has 2 rings (SSSR count). The molecule has 0 unspecified atom stereocenters. The van der Waals surface area contributed by atoms with Crippen molar-refractivity contribution in [3.63, 3.8) is 0 Å². The topological polar surface area (TPSA) is 90.6 Å². The number of nitrogens with one attached hydrogen (secondary N) is 1. The molecule has 1 amide bonds. The minimum atomic E-state index is -0.845. The number of rotatable bonds is 6. The average Bonchev–Trinajstić information content (AvgIpc) is 2.66. The fourth-order valence-corrected chi connectivity index (χ4v) is 2.99. The summed E-state index contributed by atoms with van der Waals surface area (Å²) in [7, 11) is 1.29. The number of hydrogen-bond acceptors (Lipinski definition) is 5. The van der Waals surface area contributed by atoms with Gasteiger partial charge in [0.25, 0.3) is 0 Å². The molecule has 6 nitrogen and oxygen atoms in total. The molecule has 3 N–H and O–H groups in total. The van der Waals surface area contributed by atoms with Crippen LogP contribution in [0.25, 0.3) is 11.1 Å². The second kappa shape index (κ2) is 9.45. The van der Waals surface area contributed by atoms with Gasteiger partial charge >= 0.3 is 12.1 Å². The lowest BCUT2D eigenvalue weighted by molar-refractivity contribution is -0.143. The highest BCUT2D eigenvalue weighted by molar-refractivity contribution is 5.81. The van der Waals surface area contributed by atoms with Crippen molar-refractivity contribution >= 4 is 17.7 Å². The van der Waals surface area contributed by atoms with Crippen molar-refractivity contribution in [3.05, 3.63) is 53.6 Å². The smallest absolute Gasteiger partial charge is 0.408 e. The van der Waals surface area contributed by atoms with Gasteiger partial charge in [0.15, 0.2) is 0 Å². The number of alkyl carbamates (subject to hydrolysis) is 1. The highest BCUT2D eigenvalue weighted by Gasteiger charge is 2.25. The van der Waals surface area contributed by atoms with E-state index >= 15 is 0 Å². The van der Waals surface area contributed by atoms with Gasteiger partial charge in [-0.25, -0.2) is 9.59 Å². The summed E-state index contributed by atoms with van der Waals surface area (Å²) >= 11 is 0. The van der Waals surface area contributed by atoms with Crippen LogP contribution in [0, 0.1) is 0 Å². The third kappa shape index (κ3) is 6.52. The molecule has 0 bridgehead atoms. The summed E-state index contributed by atoms with van der Waals surface area (Å²) in [5.41, 5.74) is 10.2. The van der Waals surface area contributed by atoms with Crippen LogP contribution in [0.2, 0.25) is 0 Å². The Bertz CT molecular complexity index is 871. The van der Waals surface area contributed by atoms with Crippen LogP contribution < -0.4 is 11.1 Å². The van der Waals surface area contributed by atoms with Gasteiger partial charge in [-0.3, -0.25) is 0 Å². The van der Waals surface area contributed by atoms with Crippen LogP contribution in [0.15, 0.2) is 42.5 Å². The average molecular weight is 399 g/mol. The van der Waals surface area contributed by atoms with Crippen molar-refractivity contribution < 1.29 is 19.1 Å². The monoisotopic (exact) mass is 398 g/mol. The molecule has 6 heteroatoms. The third-order valence-corrected chi connectivity index (χ3v) is 4.40. The summed E-state index contributed by atoms with van der Waals surface area (Å²) in [4.78, 5) is 24.3. The van der Waals surface area contributed by atoms with Crippen LogP contribution in [0.4, 0.5) is 10.5 Å². The Morgan fingerprint density at radius 3 is 2.41 bits per heavy atom. The van der Waals surface area contributed by atoms with Crippen molar-refractivity contribution in [1.29, 1.82) is 0 Å². The number of anilines is 1. The van der Waals surface area contributed by atoms with Gasteiger partial charge in [-0.15, -0.1) is 0 Å². The molecule has 2 aromatic carbocycles. The van der Waals surface area contributed by atoms with Gasteiger partial charge in [-0.05, 0) is 61.6 Å². The maximum absolute atomic E-state index is 12.2. The second-order valence-corrected chi connectivity index (χ2v) is 7.89. The minimum absolute atomic E-state index is 0.287. The van der Waals surface area contributed by atoms with Crippen molar-refractivity contribution in [2.75, 3.05) is 12.8 Å². The summed E-state index contributed by atoms with van der Waals surface area (Å²) in [6, 6.07) is 12.9. The van der Waals surface area contributed by atoms with Gasteiger partial charge in [0.2, 0.25) is 0 Å². The number of esters is 1. The molecule has 0 saturated heterocycles. The molecule has 0 radical (unpaired) electrons. The fraction of sp³-hybridized carbons (Fsp3) is 0.391. The van der Waals surface area contributed by atoms with E-state index in [1.807, 2.05) is 36.4 Å². The van der Waals surface area contributed by atoms with Gasteiger partial charge in [0.05, 0.1) is 7.11 Å². The Labute approximate surface area is 172 Å². The van der Waals surface area contributed by atoms with Crippen LogP contribution in [-0.2, 0) is 27.1 Å². The first-order chi connectivity index (χ1) is 13.6. The first kappa shape index (κ1) is 22.3. The Kier molecular flexibility index (Phi) is 7.26. The van der Waals surface area contributed by atoms with Crippen LogP contribution in [-0.4, -0.2) is 30.8 Å². The number of benzene rings is 2. The predicted molar refractivity (Wildman–Crippen MR) is 115 cm³/mol. The van der Waals surface area contributed by atoms with Crippen molar-refractivity contribution in [3.8, 4) is 11.1 Å². The first-order valence-electron chi connectivity index (χ1n) is 9.68. The molecule has 0 heterocycles. The number of methoxy groups -OCH3 is 1. The van der Waals surface area contributed by atoms with E-state index < -0.39 is 23.7 Å². The number of nitrogen functional groups attached to an aromatic ring is 1. The maximum Gasteiger partial charge on any atom is 0.408 e. The van der Waals surface area contributed by atoms with Gasteiger partial charge in [0.1, 0.15) is 11.6 Å². The zero-order valence-electron chi connectivity index (χ0n) is 17.7. The van der Waals surface area contributed by atoms with Gasteiger partial charge in [-0.1, -0.05) is 37.3 Å². The molecule has 0 aliphatic rings. The standard InChI is InChI=1S/C23H30N2O4/c1-6-16-14-18(10-11-19(16)24)17-9-7-8-15(12-17)13-20(21(26)28-5)25-22(27)29-23(2,3)4/h7-12,14,20H,6,13,24H2,1-5H3,(H,25,27)/t20-/m0/s1. The summed E-state index contributed by atoms with van der Waals surface area (Å²) in [5, 5.41) is 2.61. The van der Waals surface area contributed by atoms with Crippen LogP contribution in [0.5, 0.6) is 0 Å². The Balaban J connectivity index is 2.23. The van der Waals surface area contributed by atoms with E-state index in [0.717, 1.165) is 34.4 Å². The SMILES string of the molecule is CCc1cc(-c2cccc(C[C@H](NC(=O)OC(C)(C)C)C(=O)OC)c2)ccc1N. The van der Waals surface area contributed by atoms with Crippen LogP contribution in [0.3, 0.4) is 0 Å². The Morgan fingerprint density at radius 1 is 1.10 bits per heavy atom. The van der Waals surface area contributed by atoms with Gasteiger partial charge < -0.3 is 20.5 Å². The Morgan fingerprint density at radius 2 is 1.79 bits per heavy atom. The lowest BCUT2D eigenvalue weighted by Crippen LogP contribution is -2.45. The summed E-state index contributed by atoms with van der Waals surface area (Å²) in [6.07, 6.45) is 0.481. The molecule has 1 atom stereocenters. The predicted octanol–water partition coefficient (Wildman–Crippen LogP) is 4.11. The normalized spacial score (nSPS) is 12.2. The van der Waals surface area contributed by atoms with E-state index in [1.165, 1.54) is 7.11 Å². The molecule has 0 saturated carbocycles. The molecule has 0 fully saturated rings. The summed E-state index contributed by atoms with van der Waals surface area (Å²) in [5.74, 6) is -0.526. The lowest BCUT2D eigenvalue weighted by atomic mass is 9.97. The first-order valence-corrected chi connectivity index (χ1v) is 9.68. The number of hydrogen-bond donors (Lipinski definition) is 2. The summed E-state index contributed by atoms with van der Waals surface area (Å²) in [6.45, 7) is 7.36. The molecule has 0 spiro atoms. The quantitative estimate of drug-likeness (QED) is 0.564. The van der Waals surface area contributed by atoms with Crippen molar-refractivity contribution in [2.45, 2.75) is 52.2 Å². The maximum atomic E-state index is 12.2. The van der Waals surface area contributed by atoms with E-state index in [-0.39, 0.29) is 6.42 Å². The van der Waals surface area contributed by atoms with E-state index in [4.69, 9.17) is 15.2 Å². The van der Waals surface area contributed by atoms with E-state index in [9.17, 15) is 9.59 Å². The van der Waals surface area contributed by atoms with Crippen LogP contribution >= 0.6 is 0 Å². The molecular formula is C23H30N2O4. The van der Waals surface area contributed by atoms with E-state index in [1.54, 1.807) is 20.8 Å². The third-order valence-electron chi connectivity index (χ3n) is 4.40. The number of nitrogens with two attached hydrogens (primary N) is 1. The summed E-state index contributed by atoms with van der Waals surface area (Å²) < 4.78 is 10.1. The van der Waals surface area contributed by atoms with Crippen molar-refractivity contribution in [1.82, 2.24) is 5.32 Å². The number of aryl methyl sites for hydroxylation is 1. The second-order valence-electron chi connectivity index (χ2n) is 7.89. The number of ether oxygens (including phenoxy) is 2. The fourth-order valence-electron chi connectivity index (χ4n) is 2.99. The Hall–Kier alpha value is -3.02. The highest BCUT2D eigenvalue weighted by Crippen LogP contribution is 2.25. The largest absolute Gasteiger partial charge is 0.467 e. The van der Waals surface area contributed by atoms with E-state index in [2.05, 4.69) is 18.3 Å². The van der Waals surface area contributed by atoms with Crippen LogP contribution in [0.1, 0.15) is 38.8 Å². The minimum Gasteiger partial charge on any atom is -0.467 e. The number of carbonyl (C=O) groups excluding carboxylic acids is 2. The molecule has 0 aromatic heterocycles. The van der Waals surface area contributed by atoms with Gasteiger partial charge in [-0.2, -0.15) is 0 Å². The molecule has 2 aromatic rings. The van der Waals surface area contributed by atoms with Gasteiger partial charge in [0, 0.05) is 12.1 Å². The van der Waals surface area contributed by atoms with E-state index in [0.29, 0.717) is 0 Å². The lowest BCUT2D eigenvalue weighted by Gasteiger charge is -2.22. The molecule has 0 aliphatic heterocycles. The molecule has 0 aliphatic carbocycles. The number of amides is 1. The molecule has 29 heavy (non-hydrogen) atoms. The molecular weight excluding hydrogens is 368 g/mol. The zero-order chi connectivity index (χ0) is 21.6. The molecule has 156 valence electrons. The zero-order valence-corrected chi connectivity index (χ0v) is 17.7. The highest BCUT2D eigenvalue weighted by atomic mass is 16.6. The van der Waals surface area contributed by atoms with Crippen molar-refractivity contribution in [2.24, 2.45) is 0 Å². The number of carbonyl (C=O) groups is 2.